The zero-order chi connectivity index (χ0) is 22.1. The lowest BCUT2D eigenvalue weighted by Crippen LogP contribution is -2.54. The molecule has 3 aromatic carbocycles. The second-order valence-corrected chi connectivity index (χ2v) is 8.90. The largest absolute Gasteiger partial charge is 0.298 e. The standard InChI is InChI=1S/C26H25N3OS/c1-25(2,3)29-23(31)26(20-15-9-5-10-16-20,21-17-11-6-12-18-21)28-24(29)27-22(30)19-13-7-4-8-14-19/h4-18H,1-3H3,(H,27,28,30). The van der Waals surface area contributed by atoms with Crippen LogP contribution in [0.15, 0.2) is 96.0 Å². The molecule has 1 aliphatic rings. The molecule has 4 nitrogen and oxygen atoms in total. The number of amides is 1. The summed E-state index contributed by atoms with van der Waals surface area (Å²) in [6.45, 7) is 6.20. The monoisotopic (exact) mass is 427 g/mol. The molecule has 0 aliphatic carbocycles. The van der Waals surface area contributed by atoms with Gasteiger partial charge in [-0.2, -0.15) is 0 Å². The predicted molar refractivity (Wildman–Crippen MR) is 129 cm³/mol. The number of carbonyl (C=O) groups excluding carboxylic acids is 1. The highest BCUT2D eigenvalue weighted by molar-refractivity contribution is 7.80. The fourth-order valence-electron chi connectivity index (χ4n) is 3.89. The fourth-order valence-corrected chi connectivity index (χ4v) is 4.53. The van der Waals surface area contributed by atoms with Crippen LogP contribution >= 0.6 is 12.2 Å². The van der Waals surface area contributed by atoms with Crippen molar-refractivity contribution in [3.05, 3.63) is 108 Å². The Hall–Kier alpha value is -3.31. The summed E-state index contributed by atoms with van der Waals surface area (Å²) in [7, 11) is 0. The molecular weight excluding hydrogens is 402 g/mol. The lowest BCUT2D eigenvalue weighted by molar-refractivity contribution is 0.0972. The van der Waals surface area contributed by atoms with E-state index in [1.54, 1.807) is 12.1 Å². The van der Waals surface area contributed by atoms with Gasteiger partial charge < -0.3 is 0 Å². The minimum absolute atomic E-state index is 0.215. The first-order valence-corrected chi connectivity index (χ1v) is 10.7. The molecular formula is C26H25N3OS. The Bertz CT molecular complexity index is 1080. The maximum atomic E-state index is 13.0. The second kappa shape index (κ2) is 8.08. The molecule has 31 heavy (non-hydrogen) atoms. The summed E-state index contributed by atoms with van der Waals surface area (Å²) in [5, 5.41) is 3.03. The van der Waals surface area contributed by atoms with Gasteiger partial charge in [-0.25, -0.2) is 4.99 Å². The molecule has 1 N–H and O–H groups in total. The zero-order valence-electron chi connectivity index (χ0n) is 17.9. The predicted octanol–water partition coefficient (Wildman–Crippen LogP) is 5.16. The van der Waals surface area contributed by atoms with Gasteiger partial charge in [-0.1, -0.05) is 91.1 Å². The third-order valence-corrected chi connectivity index (χ3v) is 5.79. The quantitative estimate of drug-likeness (QED) is 0.588. The van der Waals surface area contributed by atoms with E-state index in [1.807, 2.05) is 83.8 Å². The Labute approximate surface area is 188 Å². The van der Waals surface area contributed by atoms with Gasteiger partial charge in [-0.05, 0) is 44.0 Å². The highest BCUT2D eigenvalue weighted by atomic mass is 32.1. The molecule has 0 bridgehead atoms. The molecule has 0 unspecified atom stereocenters. The third kappa shape index (κ3) is 3.77. The van der Waals surface area contributed by atoms with Crippen LogP contribution in [0.25, 0.3) is 0 Å². The van der Waals surface area contributed by atoms with Gasteiger partial charge in [0.1, 0.15) is 4.99 Å². The SMILES string of the molecule is CC(C)(C)N1C(=S)C(c2ccccc2)(c2ccccc2)N=C1NC(=O)c1ccccc1. The molecule has 5 heteroatoms. The summed E-state index contributed by atoms with van der Waals surface area (Å²) in [4.78, 5) is 20.7. The Kier molecular flexibility index (Phi) is 5.46. The highest BCUT2D eigenvalue weighted by Crippen LogP contribution is 2.42. The van der Waals surface area contributed by atoms with Gasteiger partial charge in [-0.15, -0.1) is 0 Å². The summed E-state index contributed by atoms with van der Waals surface area (Å²) < 4.78 is 0. The number of nitrogens with one attached hydrogen (secondary N) is 1. The molecule has 1 amide bonds. The van der Waals surface area contributed by atoms with Crippen LogP contribution in [0.5, 0.6) is 0 Å². The Morgan fingerprint density at radius 1 is 0.839 bits per heavy atom. The minimum Gasteiger partial charge on any atom is -0.298 e. The van der Waals surface area contributed by atoms with Crippen molar-refractivity contribution in [2.24, 2.45) is 4.99 Å². The van der Waals surface area contributed by atoms with Crippen LogP contribution in [0, 0.1) is 0 Å². The van der Waals surface area contributed by atoms with Crippen molar-refractivity contribution in [1.82, 2.24) is 10.2 Å². The van der Waals surface area contributed by atoms with E-state index >= 15 is 0 Å². The molecule has 0 radical (unpaired) electrons. The second-order valence-electron chi connectivity index (χ2n) is 8.51. The van der Waals surface area contributed by atoms with Gasteiger partial charge in [0.2, 0.25) is 5.96 Å². The van der Waals surface area contributed by atoms with Crippen LogP contribution < -0.4 is 5.32 Å². The molecule has 156 valence electrons. The van der Waals surface area contributed by atoms with Crippen molar-refractivity contribution in [1.29, 1.82) is 0 Å². The average molecular weight is 428 g/mol. The van der Waals surface area contributed by atoms with Crippen LogP contribution in [-0.2, 0) is 5.54 Å². The van der Waals surface area contributed by atoms with Crippen molar-refractivity contribution >= 4 is 29.1 Å². The molecule has 0 fully saturated rings. The summed E-state index contributed by atoms with van der Waals surface area (Å²) in [5.74, 6) is 0.243. The summed E-state index contributed by atoms with van der Waals surface area (Å²) in [6.07, 6.45) is 0. The first kappa shape index (κ1) is 20.9. The molecule has 0 saturated carbocycles. The smallest absolute Gasteiger partial charge is 0.257 e. The lowest BCUT2D eigenvalue weighted by atomic mass is 9.83. The number of benzene rings is 3. The maximum Gasteiger partial charge on any atom is 0.257 e. The normalized spacial score (nSPS) is 15.5. The number of rotatable bonds is 3. The van der Waals surface area contributed by atoms with E-state index in [9.17, 15) is 4.79 Å². The molecule has 4 rings (SSSR count). The number of hydrogen-bond acceptors (Lipinski definition) is 3. The van der Waals surface area contributed by atoms with Crippen LogP contribution in [0.2, 0.25) is 0 Å². The van der Waals surface area contributed by atoms with Crippen LogP contribution in [-0.4, -0.2) is 27.3 Å². The molecule has 0 spiro atoms. The van der Waals surface area contributed by atoms with Crippen molar-refractivity contribution < 1.29 is 4.79 Å². The van der Waals surface area contributed by atoms with E-state index in [4.69, 9.17) is 17.2 Å². The van der Waals surface area contributed by atoms with Gasteiger partial charge in [-0.3, -0.25) is 15.0 Å². The van der Waals surface area contributed by atoms with Gasteiger partial charge in [0.15, 0.2) is 5.54 Å². The van der Waals surface area contributed by atoms with Crippen molar-refractivity contribution in [3.63, 3.8) is 0 Å². The topological polar surface area (TPSA) is 44.7 Å². The van der Waals surface area contributed by atoms with Gasteiger partial charge >= 0.3 is 0 Å². The first-order chi connectivity index (χ1) is 14.8. The lowest BCUT2D eigenvalue weighted by Gasteiger charge is -2.37. The van der Waals surface area contributed by atoms with Crippen molar-refractivity contribution in [2.45, 2.75) is 31.8 Å². The summed E-state index contributed by atoms with van der Waals surface area (Å²) >= 11 is 6.09. The first-order valence-electron chi connectivity index (χ1n) is 10.3. The summed E-state index contributed by atoms with van der Waals surface area (Å²) in [5.41, 5.74) is 1.21. The average Bonchev–Trinajstić information content (AvgIpc) is 3.08. The Balaban J connectivity index is 1.89. The minimum atomic E-state index is -0.898. The molecule has 1 heterocycles. The number of guanidine groups is 1. The van der Waals surface area contributed by atoms with E-state index in [0.29, 0.717) is 16.5 Å². The van der Waals surface area contributed by atoms with E-state index in [2.05, 4.69) is 26.1 Å². The van der Waals surface area contributed by atoms with E-state index in [1.165, 1.54) is 0 Å². The zero-order valence-corrected chi connectivity index (χ0v) is 18.7. The number of hydrogen-bond donors (Lipinski definition) is 1. The van der Waals surface area contributed by atoms with Crippen molar-refractivity contribution in [2.75, 3.05) is 0 Å². The highest BCUT2D eigenvalue weighted by Gasteiger charge is 2.51. The summed E-state index contributed by atoms with van der Waals surface area (Å²) in [6, 6.07) is 29.2. The number of nitrogens with zero attached hydrogens (tertiary/aromatic N) is 2. The van der Waals surface area contributed by atoms with Crippen LogP contribution in [0.4, 0.5) is 0 Å². The van der Waals surface area contributed by atoms with E-state index in [-0.39, 0.29) is 11.4 Å². The third-order valence-electron chi connectivity index (χ3n) is 5.31. The number of thiocarbonyl (C=S) groups is 1. The number of carbonyl (C=O) groups is 1. The molecule has 1 aliphatic heterocycles. The Morgan fingerprint density at radius 3 is 1.74 bits per heavy atom. The van der Waals surface area contributed by atoms with E-state index < -0.39 is 5.54 Å². The van der Waals surface area contributed by atoms with E-state index in [0.717, 1.165) is 11.1 Å². The van der Waals surface area contributed by atoms with Crippen LogP contribution in [0.1, 0.15) is 42.3 Å². The number of aliphatic imine (C=N–C) groups is 1. The van der Waals surface area contributed by atoms with Gasteiger partial charge in [0.05, 0.1) is 0 Å². The van der Waals surface area contributed by atoms with Crippen LogP contribution in [0.3, 0.4) is 0 Å². The Morgan fingerprint density at radius 2 is 1.29 bits per heavy atom. The maximum absolute atomic E-state index is 13.0. The fraction of sp³-hybridized carbons (Fsp3) is 0.192. The molecule has 0 aromatic heterocycles. The van der Waals surface area contributed by atoms with Crippen molar-refractivity contribution in [3.8, 4) is 0 Å². The molecule has 0 saturated heterocycles. The van der Waals surface area contributed by atoms with Gasteiger partial charge in [0, 0.05) is 11.1 Å². The molecule has 3 aromatic rings. The molecule has 0 atom stereocenters. The van der Waals surface area contributed by atoms with Gasteiger partial charge in [0.25, 0.3) is 5.91 Å².